The fraction of sp³-hybridized carbons (Fsp3) is 0.231. The molecule has 0 bridgehead atoms. The Bertz CT molecular complexity index is 634. The summed E-state index contributed by atoms with van der Waals surface area (Å²) in [6.07, 6.45) is 0. The molecule has 1 aromatic carbocycles. The van der Waals surface area contributed by atoms with Crippen LogP contribution in [0.4, 0.5) is 5.69 Å². The van der Waals surface area contributed by atoms with Crippen molar-refractivity contribution in [3.05, 3.63) is 61.3 Å². The van der Waals surface area contributed by atoms with E-state index in [0.29, 0.717) is 17.6 Å². The predicted octanol–water partition coefficient (Wildman–Crippen LogP) is 3.56. The van der Waals surface area contributed by atoms with E-state index in [0.717, 1.165) is 10.4 Å². The number of halogens is 1. The first-order valence-electron chi connectivity index (χ1n) is 5.90. The molecule has 0 amide bonds. The Hall–Kier alpha value is -1.47. The van der Waals surface area contributed by atoms with Gasteiger partial charge in [0.2, 0.25) is 5.79 Å². The third-order valence-electron chi connectivity index (χ3n) is 3.05. The van der Waals surface area contributed by atoms with Gasteiger partial charge in [-0.3, -0.25) is 10.1 Å². The van der Waals surface area contributed by atoms with Crippen LogP contribution in [-0.4, -0.2) is 18.1 Å². The van der Waals surface area contributed by atoms with Crippen molar-refractivity contribution in [2.75, 3.05) is 13.2 Å². The average molecular weight is 312 g/mol. The van der Waals surface area contributed by atoms with Gasteiger partial charge in [-0.25, -0.2) is 0 Å². The first-order chi connectivity index (χ1) is 9.62. The second kappa shape index (κ2) is 5.14. The highest BCUT2D eigenvalue weighted by atomic mass is 35.5. The monoisotopic (exact) mass is 311 g/mol. The van der Waals surface area contributed by atoms with Crippen molar-refractivity contribution in [3.8, 4) is 0 Å². The van der Waals surface area contributed by atoms with Crippen molar-refractivity contribution in [2.24, 2.45) is 0 Å². The van der Waals surface area contributed by atoms with Crippen LogP contribution in [0.5, 0.6) is 0 Å². The molecule has 3 rings (SSSR count). The maximum Gasteiger partial charge on any atom is 0.269 e. The van der Waals surface area contributed by atoms with Crippen LogP contribution in [0.25, 0.3) is 0 Å². The number of benzene rings is 1. The van der Waals surface area contributed by atoms with Crippen molar-refractivity contribution < 1.29 is 14.4 Å². The first-order valence-corrected chi connectivity index (χ1v) is 7.10. The minimum atomic E-state index is -1.01. The van der Waals surface area contributed by atoms with Crippen LogP contribution in [0.3, 0.4) is 0 Å². The van der Waals surface area contributed by atoms with Crippen LogP contribution in [-0.2, 0) is 15.3 Å². The molecule has 2 heterocycles. The SMILES string of the molecule is O=[N+]([O-])c1ccc(C2(c3ccc(Cl)s3)OCCO2)cc1. The van der Waals surface area contributed by atoms with Gasteiger partial charge < -0.3 is 9.47 Å². The fourth-order valence-electron chi connectivity index (χ4n) is 2.16. The minimum absolute atomic E-state index is 0.0334. The molecule has 7 heteroatoms. The Kier molecular flexibility index (Phi) is 3.47. The maximum atomic E-state index is 10.7. The van der Waals surface area contributed by atoms with E-state index in [9.17, 15) is 10.1 Å². The Morgan fingerprint density at radius 1 is 1.15 bits per heavy atom. The molecule has 0 aliphatic carbocycles. The van der Waals surface area contributed by atoms with E-state index in [1.54, 1.807) is 18.2 Å². The summed E-state index contributed by atoms with van der Waals surface area (Å²) in [6.45, 7) is 0.930. The number of rotatable bonds is 3. The highest BCUT2D eigenvalue weighted by Crippen LogP contribution is 2.42. The molecule has 1 saturated heterocycles. The predicted molar refractivity (Wildman–Crippen MR) is 75.1 cm³/mol. The smallest absolute Gasteiger partial charge is 0.269 e. The molecule has 0 spiro atoms. The molecule has 0 radical (unpaired) electrons. The van der Waals surface area contributed by atoms with Crippen molar-refractivity contribution in [1.82, 2.24) is 0 Å². The lowest BCUT2D eigenvalue weighted by Crippen LogP contribution is -2.27. The second-order valence-corrected chi connectivity index (χ2v) is 5.94. The molecule has 1 aliphatic rings. The summed E-state index contributed by atoms with van der Waals surface area (Å²) < 4.78 is 12.2. The lowest BCUT2D eigenvalue weighted by atomic mass is 10.0. The van der Waals surface area contributed by atoms with Gasteiger partial charge in [-0.05, 0) is 24.3 Å². The normalized spacial score (nSPS) is 17.2. The van der Waals surface area contributed by atoms with E-state index in [-0.39, 0.29) is 5.69 Å². The van der Waals surface area contributed by atoms with Gasteiger partial charge in [0.05, 0.1) is 27.4 Å². The topological polar surface area (TPSA) is 61.6 Å². The summed E-state index contributed by atoms with van der Waals surface area (Å²) in [5.41, 5.74) is 0.755. The van der Waals surface area contributed by atoms with Gasteiger partial charge in [-0.15, -0.1) is 11.3 Å². The number of nitro groups is 1. The molecule has 1 fully saturated rings. The summed E-state index contributed by atoms with van der Waals surface area (Å²) in [6, 6.07) is 9.81. The third kappa shape index (κ3) is 2.20. The van der Waals surface area contributed by atoms with Gasteiger partial charge in [0.15, 0.2) is 0 Å². The van der Waals surface area contributed by atoms with Gasteiger partial charge in [-0.2, -0.15) is 0 Å². The lowest BCUT2D eigenvalue weighted by molar-refractivity contribution is -0.384. The van der Waals surface area contributed by atoms with Crippen LogP contribution in [0.2, 0.25) is 4.34 Å². The molecule has 20 heavy (non-hydrogen) atoms. The molecule has 0 unspecified atom stereocenters. The van der Waals surface area contributed by atoms with Crippen molar-refractivity contribution >= 4 is 28.6 Å². The molecule has 0 saturated carbocycles. The molecule has 5 nitrogen and oxygen atoms in total. The van der Waals surface area contributed by atoms with Gasteiger partial charge in [0.25, 0.3) is 5.69 Å². The summed E-state index contributed by atoms with van der Waals surface area (Å²) >= 11 is 7.34. The molecule has 1 aromatic heterocycles. The number of hydrogen-bond donors (Lipinski definition) is 0. The molecular weight excluding hydrogens is 302 g/mol. The van der Waals surface area contributed by atoms with Gasteiger partial charge >= 0.3 is 0 Å². The average Bonchev–Trinajstić information content (AvgIpc) is 3.08. The first kappa shape index (κ1) is 13.5. The quantitative estimate of drug-likeness (QED) is 0.642. The number of nitrogens with zero attached hydrogens (tertiary/aromatic N) is 1. The third-order valence-corrected chi connectivity index (χ3v) is 4.36. The van der Waals surface area contributed by atoms with E-state index < -0.39 is 10.7 Å². The number of thiophene rings is 1. The summed E-state index contributed by atoms with van der Waals surface area (Å²) in [5, 5.41) is 10.7. The second-order valence-electron chi connectivity index (χ2n) is 4.22. The Morgan fingerprint density at radius 2 is 1.80 bits per heavy atom. The van der Waals surface area contributed by atoms with Crippen molar-refractivity contribution in [1.29, 1.82) is 0 Å². The number of nitro benzene ring substituents is 1. The molecule has 104 valence electrons. The standard InChI is InChI=1S/C13H10ClNO4S/c14-12-6-5-11(20-12)13(18-7-8-19-13)9-1-3-10(4-2-9)15(16)17/h1-6H,7-8H2. The highest BCUT2D eigenvalue weighted by Gasteiger charge is 2.42. The summed E-state index contributed by atoms with van der Waals surface area (Å²) in [4.78, 5) is 11.1. The van der Waals surface area contributed by atoms with Crippen molar-refractivity contribution in [2.45, 2.75) is 5.79 Å². The molecule has 0 N–H and O–H groups in total. The minimum Gasteiger partial charge on any atom is -0.339 e. The van der Waals surface area contributed by atoms with Gasteiger partial charge in [0.1, 0.15) is 0 Å². The van der Waals surface area contributed by atoms with Crippen LogP contribution < -0.4 is 0 Å². The van der Waals surface area contributed by atoms with Crippen molar-refractivity contribution in [3.63, 3.8) is 0 Å². The largest absolute Gasteiger partial charge is 0.339 e. The number of hydrogen-bond acceptors (Lipinski definition) is 5. The Labute approximate surface area is 123 Å². The number of non-ortho nitro benzene ring substituents is 1. The molecule has 2 aromatic rings. The van der Waals surface area contributed by atoms with Crippen LogP contribution in [0, 0.1) is 10.1 Å². The van der Waals surface area contributed by atoms with E-state index in [1.807, 2.05) is 6.07 Å². The molecule has 0 atom stereocenters. The van der Waals surface area contributed by atoms with Crippen LogP contribution in [0.1, 0.15) is 10.4 Å². The van der Waals surface area contributed by atoms with Crippen LogP contribution in [0.15, 0.2) is 36.4 Å². The summed E-state index contributed by atoms with van der Waals surface area (Å²) in [5.74, 6) is -1.01. The van der Waals surface area contributed by atoms with E-state index in [2.05, 4.69) is 0 Å². The zero-order valence-electron chi connectivity index (χ0n) is 10.2. The lowest BCUT2D eigenvalue weighted by Gasteiger charge is -2.26. The zero-order valence-corrected chi connectivity index (χ0v) is 11.8. The number of ether oxygens (including phenoxy) is 2. The highest BCUT2D eigenvalue weighted by molar-refractivity contribution is 7.16. The maximum absolute atomic E-state index is 10.7. The van der Waals surface area contributed by atoms with E-state index in [1.165, 1.54) is 23.5 Å². The van der Waals surface area contributed by atoms with E-state index >= 15 is 0 Å². The Morgan fingerprint density at radius 3 is 2.30 bits per heavy atom. The van der Waals surface area contributed by atoms with E-state index in [4.69, 9.17) is 21.1 Å². The zero-order chi connectivity index (χ0) is 14.2. The van der Waals surface area contributed by atoms with Crippen LogP contribution >= 0.6 is 22.9 Å². The fourth-order valence-corrected chi connectivity index (χ4v) is 3.32. The Balaban J connectivity index is 2.04. The summed E-state index contributed by atoms with van der Waals surface area (Å²) in [7, 11) is 0. The van der Waals surface area contributed by atoms with Gasteiger partial charge in [-0.1, -0.05) is 11.6 Å². The van der Waals surface area contributed by atoms with Gasteiger partial charge in [0, 0.05) is 17.7 Å². The molecular formula is C13H10ClNO4S. The molecule has 1 aliphatic heterocycles.